The zero-order valence-electron chi connectivity index (χ0n) is 13.6. The van der Waals surface area contributed by atoms with Crippen molar-refractivity contribution in [3.8, 4) is 5.75 Å². The van der Waals surface area contributed by atoms with E-state index in [0.29, 0.717) is 30.6 Å². The second-order valence-electron chi connectivity index (χ2n) is 5.91. The molecule has 0 radical (unpaired) electrons. The molecule has 0 saturated heterocycles. The molecule has 1 aliphatic heterocycles. The summed E-state index contributed by atoms with van der Waals surface area (Å²) in [6.45, 7) is 1.26. The fraction of sp³-hybridized carbons (Fsp3) is 0.278. The zero-order chi connectivity index (χ0) is 18.7. The predicted molar refractivity (Wildman–Crippen MR) is 87.3 cm³/mol. The van der Waals surface area contributed by atoms with E-state index in [9.17, 15) is 22.4 Å². The fourth-order valence-corrected chi connectivity index (χ4v) is 2.82. The minimum absolute atomic E-state index is 0.0929. The standard InChI is InChI=1S/C18H16F4N2O2/c19-17-14-7-8-23-10-12(14)3-6-15(17)24-16(25)9-11-1-4-13(5-2-11)26-18(20,21)22/h1-6,23H,7-10H2,(H,24,25). The van der Waals surface area contributed by atoms with Crippen LogP contribution in [0.4, 0.5) is 23.2 Å². The maximum Gasteiger partial charge on any atom is 0.573 e. The smallest absolute Gasteiger partial charge is 0.406 e. The van der Waals surface area contributed by atoms with Crippen LogP contribution in [-0.2, 0) is 24.2 Å². The summed E-state index contributed by atoms with van der Waals surface area (Å²) in [5.41, 5.74) is 2.05. The van der Waals surface area contributed by atoms with Gasteiger partial charge in [0.2, 0.25) is 5.91 Å². The first-order valence-electron chi connectivity index (χ1n) is 7.97. The largest absolute Gasteiger partial charge is 0.573 e. The van der Waals surface area contributed by atoms with Gasteiger partial charge in [0.15, 0.2) is 0 Å². The molecule has 3 rings (SSSR count). The van der Waals surface area contributed by atoms with Gasteiger partial charge >= 0.3 is 6.36 Å². The molecule has 2 aromatic carbocycles. The molecule has 0 spiro atoms. The van der Waals surface area contributed by atoms with Crippen molar-refractivity contribution < 1.29 is 27.1 Å². The molecule has 2 aromatic rings. The molecule has 138 valence electrons. The number of ether oxygens (including phenoxy) is 1. The Labute approximate surface area is 147 Å². The average Bonchev–Trinajstić information content (AvgIpc) is 2.58. The number of halogens is 4. The molecule has 4 nitrogen and oxygen atoms in total. The number of benzene rings is 2. The van der Waals surface area contributed by atoms with Crippen molar-refractivity contribution in [2.75, 3.05) is 11.9 Å². The van der Waals surface area contributed by atoms with E-state index in [0.717, 1.165) is 17.7 Å². The molecule has 0 bridgehead atoms. The molecule has 0 aliphatic carbocycles. The Morgan fingerprint density at radius 3 is 2.58 bits per heavy atom. The van der Waals surface area contributed by atoms with E-state index in [2.05, 4.69) is 15.4 Å². The van der Waals surface area contributed by atoms with E-state index >= 15 is 0 Å². The van der Waals surface area contributed by atoms with Gasteiger partial charge in [-0.1, -0.05) is 18.2 Å². The van der Waals surface area contributed by atoms with Gasteiger partial charge < -0.3 is 15.4 Å². The van der Waals surface area contributed by atoms with E-state index in [1.165, 1.54) is 18.2 Å². The van der Waals surface area contributed by atoms with Gasteiger partial charge in [-0.3, -0.25) is 4.79 Å². The summed E-state index contributed by atoms with van der Waals surface area (Å²) in [7, 11) is 0. The second-order valence-corrected chi connectivity index (χ2v) is 5.91. The van der Waals surface area contributed by atoms with Crippen LogP contribution in [0, 0.1) is 5.82 Å². The van der Waals surface area contributed by atoms with Crippen molar-refractivity contribution in [2.24, 2.45) is 0 Å². The van der Waals surface area contributed by atoms with Gasteiger partial charge in [-0.25, -0.2) is 4.39 Å². The number of alkyl halides is 3. The summed E-state index contributed by atoms with van der Waals surface area (Å²) in [6, 6.07) is 8.25. The summed E-state index contributed by atoms with van der Waals surface area (Å²) >= 11 is 0. The molecule has 1 aliphatic rings. The van der Waals surface area contributed by atoms with Crippen LogP contribution in [0.2, 0.25) is 0 Å². The minimum atomic E-state index is -4.77. The van der Waals surface area contributed by atoms with Gasteiger partial charge in [-0.2, -0.15) is 0 Å². The Kier molecular flexibility index (Phi) is 5.13. The number of hydrogen-bond acceptors (Lipinski definition) is 3. The zero-order valence-corrected chi connectivity index (χ0v) is 13.6. The summed E-state index contributed by atoms with van der Waals surface area (Å²) < 4.78 is 54.6. The maximum atomic E-state index is 14.5. The van der Waals surface area contributed by atoms with Crippen LogP contribution in [0.15, 0.2) is 36.4 Å². The summed E-state index contributed by atoms with van der Waals surface area (Å²) in [5, 5.41) is 5.66. The van der Waals surface area contributed by atoms with Crippen LogP contribution >= 0.6 is 0 Å². The second kappa shape index (κ2) is 7.33. The maximum absolute atomic E-state index is 14.5. The van der Waals surface area contributed by atoms with Gasteiger partial charge in [-0.15, -0.1) is 13.2 Å². The van der Waals surface area contributed by atoms with Crippen molar-refractivity contribution in [3.63, 3.8) is 0 Å². The Hall–Kier alpha value is -2.61. The lowest BCUT2D eigenvalue weighted by atomic mass is 9.99. The lowest BCUT2D eigenvalue weighted by Gasteiger charge is -2.19. The highest BCUT2D eigenvalue weighted by Gasteiger charge is 2.31. The highest BCUT2D eigenvalue weighted by atomic mass is 19.4. The number of amides is 1. The molecule has 0 saturated carbocycles. The highest BCUT2D eigenvalue weighted by molar-refractivity contribution is 5.92. The van der Waals surface area contributed by atoms with Crippen molar-refractivity contribution >= 4 is 11.6 Å². The molecule has 8 heteroatoms. The number of fused-ring (bicyclic) bond motifs is 1. The van der Waals surface area contributed by atoms with Crippen molar-refractivity contribution in [1.29, 1.82) is 0 Å². The van der Waals surface area contributed by atoms with E-state index in [1.807, 2.05) is 0 Å². The fourth-order valence-electron chi connectivity index (χ4n) is 2.82. The van der Waals surface area contributed by atoms with Crippen LogP contribution in [-0.4, -0.2) is 18.8 Å². The third kappa shape index (κ3) is 4.51. The predicted octanol–water partition coefficient (Wildman–Crippen LogP) is 3.55. The van der Waals surface area contributed by atoms with Crippen LogP contribution in [0.3, 0.4) is 0 Å². The minimum Gasteiger partial charge on any atom is -0.406 e. The van der Waals surface area contributed by atoms with E-state index < -0.39 is 18.1 Å². The first-order valence-corrected chi connectivity index (χ1v) is 7.97. The topological polar surface area (TPSA) is 50.4 Å². The number of hydrogen-bond donors (Lipinski definition) is 2. The molecule has 1 amide bonds. The van der Waals surface area contributed by atoms with Crippen LogP contribution in [0.25, 0.3) is 0 Å². The normalized spacial score (nSPS) is 13.8. The molecule has 0 aromatic heterocycles. The Bertz CT molecular complexity index is 804. The molecule has 0 fully saturated rings. The highest BCUT2D eigenvalue weighted by Crippen LogP contribution is 2.25. The van der Waals surface area contributed by atoms with Crippen molar-refractivity contribution in [1.82, 2.24) is 5.32 Å². The summed E-state index contributed by atoms with van der Waals surface area (Å²) in [5.74, 6) is -1.26. The quantitative estimate of drug-likeness (QED) is 0.812. The number of anilines is 1. The first kappa shape index (κ1) is 18.2. The lowest BCUT2D eigenvalue weighted by Crippen LogP contribution is -2.25. The average molecular weight is 368 g/mol. The number of carbonyl (C=O) groups is 1. The monoisotopic (exact) mass is 368 g/mol. The van der Waals surface area contributed by atoms with Crippen LogP contribution in [0.1, 0.15) is 16.7 Å². The third-order valence-electron chi connectivity index (χ3n) is 4.00. The van der Waals surface area contributed by atoms with Crippen molar-refractivity contribution in [3.05, 3.63) is 58.9 Å². The van der Waals surface area contributed by atoms with Gasteiger partial charge in [0, 0.05) is 6.54 Å². The van der Waals surface area contributed by atoms with E-state index in [-0.39, 0.29) is 17.9 Å². The van der Waals surface area contributed by atoms with E-state index in [4.69, 9.17) is 0 Å². The van der Waals surface area contributed by atoms with E-state index in [1.54, 1.807) is 6.07 Å². The number of carbonyl (C=O) groups excluding carboxylic acids is 1. The Morgan fingerprint density at radius 1 is 1.15 bits per heavy atom. The number of nitrogens with one attached hydrogen (secondary N) is 2. The molecule has 0 unspecified atom stereocenters. The molecular weight excluding hydrogens is 352 g/mol. The first-order chi connectivity index (χ1) is 12.3. The van der Waals surface area contributed by atoms with Crippen LogP contribution in [0.5, 0.6) is 5.75 Å². The van der Waals surface area contributed by atoms with Crippen molar-refractivity contribution in [2.45, 2.75) is 25.7 Å². The Balaban J connectivity index is 1.64. The third-order valence-corrected chi connectivity index (χ3v) is 4.00. The molecule has 0 atom stereocenters. The van der Waals surface area contributed by atoms with Gasteiger partial charge in [-0.05, 0) is 47.9 Å². The molecule has 2 N–H and O–H groups in total. The van der Waals surface area contributed by atoms with Gasteiger partial charge in [0.25, 0.3) is 0 Å². The summed E-state index contributed by atoms with van der Waals surface area (Å²) in [6.07, 6.45) is -4.31. The SMILES string of the molecule is O=C(Cc1ccc(OC(F)(F)F)cc1)Nc1ccc2c(c1F)CCNC2. The van der Waals surface area contributed by atoms with Gasteiger partial charge in [0.05, 0.1) is 12.1 Å². The van der Waals surface area contributed by atoms with Gasteiger partial charge in [0.1, 0.15) is 11.6 Å². The number of rotatable bonds is 4. The lowest BCUT2D eigenvalue weighted by molar-refractivity contribution is -0.274. The molecule has 1 heterocycles. The Morgan fingerprint density at radius 2 is 1.88 bits per heavy atom. The molecule has 26 heavy (non-hydrogen) atoms. The molecular formula is C18H16F4N2O2. The summed E-state index contributed by atoms with van der Waals surface area (Å²) in [4.78, 5) is 12.1. The van der Waals surface area contributed by atoms with Crippen LogP contribution < -0.4 is 15.4 Å².